The Bertz CT molecular complexity index is 2910. The van der Waals surface area contributed by atoms with Crippen LogP contribution in [0.25, 0.3) is 87.7 Å². The van der Waals surface area contributed by atoms with E-state index >= 15 is 0 Å². The van der Waals surface area contributed by atoms with Gasteiger partial charge in [-0.2, -0.15) is 0 Å². The predicted octanol–water partition coefficient (Wildman–Crippen LogP) is 9.35. The monoisotopic (exact) mass is 648 g/mol. The summed E-state index contributed by atoms with van der Waals surface area (Å²) in [4.78, 5) is 34.4. The van der Waals surface area contributed by atoms with Crippen molar-refractivity contribution in [2.75, 3.05) is 0 Å². The Hall–Kier alpha value is -6.51. The lowest BCUT2D eigenvalue weighted by molar-refractivity contribution is 1.07. The van der Waals surface area contributed by atoms with E-state index in [4.69, 9.17) is 19.9 Å². The molecule has 8 heteroatoms. The summed E-state index contributed by atoms with van der Waals surface area (Å²) < 4.78 is 4.97. The number of benzene rings is 6. The molecule has 0 unspecified atom stereocenters. The van der Waals surface area contributed by atoms with E-state index in [0.717, 1.165) is 59.9 Å². The first-order chi connectivity index (χ1) is 24.2. The maximum Gasteiger partial charge on any atom is 0.266 e. The minimum atomic E-state index is -0.0588. The molecule has 0 radical (unpaired) electrons. The zero-order valence-electron chi connectivity index (χ0n) is 25.9. The molecular weight excluding hydrogens is 625 g/mol. The zero-order chi connectivity index (χ0) is 32.5. The average Bonchev–Trinajstić information content (AvgIpc) is 3.71. The van der Waals surface area contributed by atoms with E-state index in [1.54, 1.807) is 4.40 Å². The summed E-state index contributed by atoms with van der Waals surface area (Å²) in [5, 5.41) is 2.73. The smallest absolute Gasteiger partial charge is 0.266 e. The molecule has 6 aromatic carbocycles. The van der Waals surface area contributed by atoms with Gasteiger partial charge in [0.2, 0.25) is 0 Å². The second-order valence-electron chi connectivity index (χ2n) is 11.9. The summed E-state index contributed by atoms with van der Waals surface area (Å²) in [5.41, 5.74) is 7.23. The molecule has 0 atom stereocenters. The van der Waals surface area contributed by atoms with Gasteiger partial charge in [0.15, 0.2) is 22.4 Å². The first kappa shape index (κ1) is 27.6. The van der Waals surface area contributed by atoms with Crippen molar-refractivity contribution >= 4 is 59.2 Å². The van der Waals surface area contributed by atoms with Gasteiger partial charge in [-0.25, -0.2) is 24.3 Å². The van der Waals surface area contributed by atoms with Crippen molar-refractivity contribution in [3.8, 4) is 39.9 Å². The summed E-state index contributed by atoms with van der Waals surface area (Å²) >= 11 is 1.53. The molecule has 0 aliphatic rings. The number of aromatic nitrogens is 6. The first-order valence-electron chi connectivity index (χ1n) is 16.0. The number of hydrogen-bond donors (Lipinski definition) is 0. The molecule has 0 bridgehead atoms. The lowest BCUT2D eigenvalue weighted by atomic mass is 10.1. The summed E-state index contributed by atoms with van der Waals surface area (Å²) in [6.07, 6.45) is 0. The zero-order valence-corrected chi connectivity index (χ0v) is 26.7. The van der Waals surface area contributed by atoms with Gasteiger partial charge in [-0.1, -0.05) is 114 Å². The van der Waals surface area contributed by atoms with Crippen LogP contribution in [0.4, 0.5) is 0 Å². The van der Waals surface area contributed by atoms with Crippen LogP contribution in [-0.2, 0) is 0 Å². The van der Waals surface area contributed by atoms with Crippen molar-refractivity contribution in [2.24, 2.45) is 0 Å². The maximum atomic E-state index is 14.0. The molecule has 0 aliphatic heterocycles. The summed E-state index contributed by atoms with van der Waals surface area (Å²) in [6, 6.07) is 48.5. The van der Waals surface area contributed by atoms with E-state index in [1.165, 1.54) is 11.3 Å². The van der Waals surface area contributed by atoms with Crippen molar-refractivity contribution in [1.29, 1.82) is 0 Å². The lowest BCUT2D eigenvalue weighted by Gasteiger charge is -2.11. The van der Waals surface area contributed by atoms with E-state index in [0.29, 0.717) is 27.8 Å². The molecule has 0 saturated heterocycles. The highest BCUT2D eigenvalue weighted by Gasteiger charge is 2.21. The van der Waals surface area contributed by atoms with Gasteiger partial charge in [-0.05, 0) is 42.5 Å². The Morgan fingerprint density at radius 2 is 1.12 bits per heavy atom. The highest BCUT2D eigenvalue weighted by atomic mass is 32.1. The highest BCUT2D eigenvalue weighted by Crippen LogP contribution is 2.38. The normalized spacial score (nSPS) is 11.8. The SMILES string of the molecule is O=c1c2ccccc2sc2nc3ccc4c(c5ccccc5n4-c4cccc(-c5nc(-c6ccccc6)nc(-c6ccccc6)n5)c4)c3n12. The van der Waals surface area contributed by atoms with Crippen molar-refractivity contribution in [2.45, 2.75) is 0 Å². The number of fused-ring (bicyclic) bond motifs is 8. The topological polar surface area (TPSA) is 78.0 Å². The Morgan fingerprint density at radius 3 is 1.86 bits per heavy atom. The Labute approximate surface area is 283 Å². The van der Waals surface area contributed by atoms with Gasteiger partial charge in [-0.15, -0.1) is 0 Å². The van der Waals surface area contributed by atoms with Crippen molar-refractivity contribution in [3.05, 3.63) is 156 Å². The van der Waals surface area contributed by atoms with Crippen LogP contribution < -0.4 is 5.56 Å². The standard InChI is InChI=1S/C41H24N6OS/c48-40-30-19-8-10-21-34(30)49-41-42-31-22-23-33-35(36(31)47(40)41)29-18-7-9-20-32(29)46(33)28-17-11-16-27(24-28)39-44-37(25-12-3-1-4-13-25)43-38(45-39)26-14-5-2-6-15-26/h1-24H. The van der Waals surface area contributed by atoms with Crippen LogP contribution in [0.5, 0.6) is 0 Å². The third kappa shape index (κ3) is 4.31. The van der Waals surface area contributed by atoms with Crippen LogP contribution in [0.3, 0.4) is 0 Å². The summed E-state index contributed by atoms with van der Waals surface area (Å²) in [7, 11) is 0. The molecular formula is C41H24N6OS. The van der Waals surface area contributed by atoms with Gasteiger partial charge >= 0.3 is 0 Å². The van der Waals surface area contributed by atoms with Crippen molar-refractivity contribution < 1.29 is 0 Å². The molecule has 49 heavy (non-hydrogen) atoms. The van der Waals surface area contributed by atoms with Gasteiger partial charge in [-0.3, -0.25) is 4.79 Å². The Kier molecular flexibility index (Phi) is 6.06. The molecule has 0 amide bonds. The van der Waals surface area contributed by atoms with Gasteiger partial charge in [0.25, 0.3) is 5.56 Å². The molecule has 10 rings (SSSR count). The molecule has 10 aromatic rings. The molecule has 0 fully saturated rings. The van der Waals surface area contributed by atoms with E-state index in [9.17, 15) is 4.79 Å². The van der Waals surface area contributed by atoms with Gasteiger partial charge in [0.1, 0.15) is 0 Å². The number of para-hydroxylation sites is 1. The summed E-state index contributed by atoms with van der Waals surface area (Å²) in [6.45, 7) is 0. The predicted molar refractivity (Wildman–Crippen MR) is 198 cm³/mol. The fourth-order valence-corrected chi connectivity index (χ4v) is 7.82. The fourth-order valence-electron chi connectivity index (χ4n) is 6.80. The molecule has 0 aliphatic carbocycles. The number of nitrogens with zero attached hydrogens (tertiary/aromatic N) is 6. The third-order valence-corrected chi connectivity index (χ3v) is 10.0. The van der Waals surface area contributed by atoms with Gasteiger partial charge in [0, 0.05) is 37.9 Å². The van der Waals surface area contributed by atoms with Crippen molar-refractivity contribution in [3.63, 3.8) is 0 Å². The van der Waals surface area contributed by atoms with E-state index in [1.807, 2.05) is 115 Å². The largest absolute Gasteiger partial charge is 0.309 e. The molecule has 7 nitrogen and oxygen atoms in total. The van der Waals surface area contributed by atoms with E-state index < -0.39 is 0 Å². The van der Waals surface area contributed by atoms with Gasteiger partial charge in [0.05, 0.1) is 27.5 Å². The van der Waals surface area contributed by atoms with Crippen LogP contribution in [0.15, 0.2) is 150 Å². The van der Waals surface area contributed by atoms with Crippen molar-refractivity contribution in [1.82, 2.24) is 28.9 Å². The Morgan fingerprint density at radius 1 is 0.510 bits per heavy atom. The first-order valence-corrected chi connectivity index (χ1v) is 16.8. The van der Waals surface area contributed by atoms with Crippen LogP contribution >= 0.6 is 11.3 Å². The molecule has 230 valence electrons. The Balaban J connectivity index is 1.22. The fraction of sp³-hybridized carbons (Fsp3) is 0. The highest BCUT2D eigenvalue weighted by molar-refractivity contribution is 7.23. The number of hydrogen-bond acceptors (Lipinski definition) is 6. The lowest BCUT2D eigenvalue weighted by Crippen LogP contribution is -2.11. The minimum Gasteiger partial charge on any atom is -0.309 e. The second kappa shape index (κ2) is 10.8. The number of rotatable bonds is 4. The summed E-state index contributed by atoms with van der Waals surface area (Å²) in [5.74, 6) is 1.82. The maximum absolute atomic E-state index is 14.0. The van der Waals surface area contributed by atoms with Crippen LogP contribution in [0.2, 0.25) is 0 Å². The second-order valence-corrected chi connectivity index (χ2v) is 12.9. The third-order valence-electron chi connectivity index (χ3n) is 9.00. The molecule has 0 spiro atoms. The molecule has 4 heterocycles. The quantitative estimate of drug-likeness (QED) is 0.190. The van der Waals surface area contributed by atoms with Crippen LogP contribution in [0.1, 0.15) is 0 Å². The molecule has 0 saturated carbocycles. The minimum absolute atomic E-state index is 0.0588. The molecule has 4 aromatic heterocycles. The average molecular weight is 649 g/mol. The van der Waals surface area contributed by atoms with Crippen LogP contribution in [-0.4, -0.2) is 28.9 Å². The molecule has 0 N–H and O–H groups in total. The number of imidazole rings is 1. The van der Waals surface area contributed by atoms with Crippen LogP contribution in [0, 0.1) is 0 Å². The van der Waals surface area contributed by atoms with Gasteiger partial charge < -0.3 is 4.57 Å². The van der Waals surface area contributed by atoms with E-state index in [2.05, 4.69) is 34.9 Å². The van der Waals surface area contributed by atoms with E-state index in [-0.39, 0.29) is 5.56 Å².